The molecule has 0 spiro atoms. The monoisotopic (exact) mass is 747 g/mol. The molecule has 51 heavy (non-hydrogen) atoms. The normalized spacial score (nSPS) is 20.6. The van der Waals surface area contributed by atoms with Crippen molar-refractivity contribution in [3.63, 3.8) is 0 Å². The van der Waals surface area contributed by atoms with E-state index < -0.39 is 43.4 Å². The number of nitrogens with zero attached hydrogens (tertiary/aromatic N) is 5. The zero-order chi connectivity index (χ0) is 36.5. The van der Waals surface area contributed by atoms with Gasteiger partial charge in [0.05, 0.1) is 37.1 Å². The van der Waals surface area contributed by atoms with Gasteiger partial charge in [-0.1, -0.05) is 11.6 Å². The molecular weight excluding hydrogens is 709 g/mol. The molecule has 1 unspecified atom stereocenters. The van der Waals surface area contributed by atoms with Gasteiger partial charge in [0, 0.05) is 50.0 Å². The highest BCUT2D eigenvalue weighted by atomic mass is 35.5. The molecule has 1 atom stereocenters. The summed E-state index contributed by atoms with van der Waals surface area (Å²) in [5, 5.41) is 0.939. The molecule has 3 aliphatic heterocycles. The van der Waals surface area contributed by atoms with Crippen molar-refractivity contribution in [2.24, 2.45) is 0 Å². The van der Waals surface area contributed by atoms with Gasteiger partial charge in [-0.15, -0.1) is 5.06 Å². The summed E-state index contributed by atoms with van der Waals surface area (Å²) in [7, 11) is -0.131. The molecule has 14 nitrogen and oxygen atoms in total. The summed E-state index contributed by atoms with van der Waals surface area (Å²) in [6.07, 6.45) is 2.13. The van der Waals surface area contributed by atoms with Gasteiger partial charge in [-0.2, -0.15) is 4.31 Å². The number of anilines is 1. The Morgan fingerprint density at radius 3 is 2.41 bits per heavy atom. The van der Waals surface area contributed by atoms with E-state index in [1.54, 1.807) is 6.92 Å². The lowest BCUT2D eigenvalue weighted by atomic mass is 9.87. The number of likely N-dealkylation sites (tertiary alicyclic amines) is 1. The number of pyridine rings is 1. The third kappa shape index (κ3) is 6.78. The molecule has 0 bridgehead atoms. The first kappa shape index (κ1) is 36.6. The van der Waals surface area contributed by atoms with Crippen LogP contribution in [0.25, 0.3) is 0 Å². The number of benzene rings is 2. The van der Waals surface area contributed by atoms with Gasteiger partial charge < -0.3 is 28.7 Å². The molecule has 2 aromatic carbocycles. The summed E-state index contributed by atoms with van der Waals surface area (Å²) < 4.78 is 67.1. The minimum absolute atomic E-state index is 0.0766. The third-order valence-electron chi connectivity index (χ3n) is 9.36. The summed E-state index contributed by atoms with van der Waals surface area (Å²) in [5.41, 5.74) is -3.53. The van der Waals surface area contributed by atoms with Crippen molar-refractivity contribution in [1.82, 2.24) is 19.8 Å². The van der Waals surface area contributed by atoms with Crippen LogP contribution < -0.4 is 18.5 Å². The number of sulfonamides is 1. The molecule has 17 heteroatoms. The van der Waals surface area contributed by atoms with Crippen molar-refractivity contribution >= 4 is 39.4 Å². The van der Waals surface area contributed by atoms with Crippen LogP contribution in [-0.4, -0.2) is 114 Å². The largest absolute Gasteiger partial charge is 0.529 e. The van der Waals surface area contributed by atoms with Crippen LogP contribution >= 0.6 is 11.6 Å². The Bertz CT molecular complexity index is 1900. The molecule has 1 aromatic heterocycles. The number of amides is 1. The van der Waals surface area contributed by atoms with Gasteiger partial charge >= 0.3 is 6.16 Å². The van der Waals surface area contributed by atoms with E-state index in [4.69, 9.17) is 35.4 Å². The van der Waals surface area contributed by atoms with E-state index in [0.717, 1.165) is 38.1 Å². The number of carbonyl (C=O) groups is 2. The molecule has 3 aromatic rings. The lowest BCUT2D eigenvalue weighted by molar-refractivity contribution is -0.168. The minimum atomic E-state index is -4.88. The van der Waals surface area contributed by atoms with E-state index in [1.165, 1.54) is 55.8 Å². The van der Waals surface area contributed by atoms with Crippen molar-refractivity contribution in [2.45, 2.75) is 36.3 Å². The van der Waals surface area contributed by atoms with E-state index in [0.29, 0.717) is 36.5 Å². The smallest absolute Gasteiger partial charge is 0.497 e. The molecule has 0 N–H and O–H groups in total. The number of piperazine rings is 1. The van der Waals surface area contributed by atoms with Gasteiger partial charge in [-0.25, -0.2) is 22.6 Å². The molecule has 2 saturated heterocycles. The maximum atomic E-state index is 15.4. The van der Waals surface area contributed by atoms with Crippen LogP contribution in [0, 0.1) is 5.82 Å². The van der Waals surface area contributed by atoms with Crippen LogP contribution in [0.3, 0.4) is 0 Å². The summed E-state index contributed by atoms with van der Waals surface area (Å²) in [5.74, 6) is -2.32. The molecule has 0 radical (unpaired) electrons. The van der Waals surface area contributed by atoms with E-state index in [1.807, 2.05) is 0 Å². The van der Waals surface area contributed by atoms with Gasteiger partial charge in [0.15, 0.2) is 0 Å². The highest BCUT2D eigenvalue weighted by molar-refractivity contribution is 7.93. The fraction of sp³-hybridized carbons (Fsp3) is 0.441. The highest BCUT2D eigenvalue weighted by Crippen LogP contribution is 2.53. The average molecular weight is 748 g/mol. The van der Waals surface area contributed by atoms with Gasteiger partial charge in [-0.3, -0.25) is 9.69 Å². The molecule has 3 aliphatic rings. The molecule has 0 saturated carbocycles. The van der Waals surface area contributed by atoms with Crippen molar-refractivity contribution in [3.8, 4) is 17.4 Å². The van der Waals surface area contributed by atoms with E-state index in [2.05, 4.69) is 21.8 Å². The van der Waals surface area contributed by atoms with Crippen LogP contribution in [0.4, 0.5) is 14.9 Å². The number of hydrogen-bond donors (Lipinski definition) is 0. The van der Waals surface area contributed by atoms with Crippen LogP contribution in [0.5, 0.6) is 17.4 Å². The van der Waals surface area contributed by atoms with Crippen molar-refractivity contribution in [2.75, 3.05) is 71.4 Å². The SMILES string of the molecule is CCOc1ncccc1C1(OC(=O)ON2CCN(C3CCN(C)CC3)CC2)C(=O)N(S(=O)(=O)c2ccc(OC)cc2OC)c2cc(Cl)c(F)cc21. The van der Waals surface area contributed by atoms with Crippen molar-refractivity contribution in [3.05, 3.63) is 70.6 Å². The first-order valence-corrected chi connectivity index (χ1v) is 18.2. The molecule has 1 amide bonds. The maximum Gasteiger partial charge on any atom is 0.529 e. The van der Waals surface area contributed by atoms with Crippen molar-refractivity contribution in [1.29, 1.82) is 0 Å². The second kappa shape index (κ2) is 14.8. The first-order valence-electron chi connectivity index (χ1n) is 16.4. The Morgan fingerprint density at radius 1 is 1.02 bits per heavy atom. The number of aromatic nitrogens is 1. The van der Waals surface area contributed by atoms with E-state index in [-0.39, 0.29) is 40.8 Å². The molecule has 6 rings (SSSR count). The van der Waals surface area contributed by atoms with Gasteiger partial charge in [-0.05, 0) is 76.3 Å². The molecule has 274 valence electrons. The number of piperidine rings is 1. The van der Waals surface area contributed by atoms with Crippen LogP contribution in [0.1, 0.15) is 30.9 Å². The Hall–Kier alpha value is -4.22. The van der Waals surface area contributed by atoms with Gasteiger partial charge in [0.2, 0.25) is 5.88 Å². The molecule has 2 fully saturated rings. The molecular formula is C34H39ClFN5O9S. The minimum Gasteiger partial charge on any atom is -0.497 e. The van der Waals surface area contributed by atoms with Crippen molar-refractivity contribution < 1.29 is 46.2 Å². The number of methoxy groups -OCH3 is 2. The van der Waals surface area contributed by atoms with E-state index >= 15 is 4.39 Å². The second-order valence-electron chi connectivity index (χ2n) is 12.3. The molecule has 4 heterocycles. The van der Waals surface area contributed by atoms with Crippen LogP contribution in [0.15, 0.2) is 53.6 Å². The van der Waals surface area contributed by atoms with Gasteiger partial charge in [0.1, 0.15) is 22.2 Å². The number of rotatable bonds is 10. The summed E-state index contributed by atoms with van der Waals surface area (Å²) >= 11 is 6.20. The second-order valence-corrected chi connectivity index (χ2v) is 14.5. The molecule has 0 aliphatic carbocycles. The zero-order valence-corrected chi connectivity index (χ0v) is 30.2. The Balaban J connectivity index is 1.40. The highest BCUT2D eigenvalue weighted by Gasteiger charge is 2.62. The number of hydrogen-bond acceptors (Lipinski definition) is 13. The third-order valence-corrected chi connectivity index (χ3v) is 11.4. The predicted molar refractivity (Wildman–Crippen MR) is 183 cm³/mol. The number of halogens is 2. The Labute approximate surface area is 300 Å². The Kier molecular flexibility index (Phi) is 10.6. The fourth-order valence-electron chi connectivity index (χ4n) is 6.77. The maximum absolute atomic E-state index is 15.4. The fourth-order valence-corrected chi connectivity index (χ4v) is 8.52. The lowest BCUT2D eigenvalue weighted by Crippen LogP contribution is -2.53. The number of carbonyl (C=O) groups excluding carboxylic acids is 2. The Morgan fingerprint density at radius 2 is 1.75 bits per heavy atom. The first-order chi connectivity index (χ1) is 24.4. The standard InChI is InChI=1S/C34H39ClFN5O9S/c1-5-48-31-24(7-6-12-37-31)34(49-33(43)50-40-17-15-39(16-18-40)22-10-13-38(2)14-11-22)25-20-27(36)26(35)21-28(25)41(32(34)42)51(44,45)30-9-8-23(46-3)19-29(30)47-4/h6-9,12,19-22H,5,10-11,13-18H2,1-4H3. The average Bonchev–Trinajstić information content (AvgIpc) is 3.35. The zero-order valence-electron chi connectivity index (χ0n) is 28.6. The summed E-state index contributed by atoms with van der Waals surface area (Å²) in [4.78, 5) is 42.9. The van der Waals surface area contributed by atoms with Crippen LogP contribution in [0.2, 0.25) is 5.02 Å². The topological polar surface area (TPSA) is 140 Å². The van der Waals surface area contributed by atoms with Crippen LogP contribution in [-0.2, 0) is 30.0 Å². The number of hydroxylamine groups is 2. The summed E-state index contributed by atoms with van der Waals surface area (Å²) in [6, 6.07) is 8.97. The number of fused-ring (bicyclic) bond motifs is 1. The van der Waals surface area contributed by atoms with E-state index in [9.17, 15) is 18.0 Å². The quantitative estimate of drug-likeness (QED) is 0.276. The van der Waals surface area contributed by atoms with Gasteiger partial charge in [0.25, 0.3) is 21.5 Å². The summed E-state index contributed by atoms with van der Waals surface area (Å²) in [6.45, 7) is 5.74. The predicted octanol–water partition coefficient (Wildman–Crippen LogP) is 4.05. The number of ether oxygens (including phenoxy) is 4. The lowest BCUT2D eigenvalue weighted by Gasteiger charge is -2.41.